The molecule has 208 valence electrons. The first kappa shape index (κ1) is 30.0. The van der Waals surface area contributed by atoms with E-state index in [9.17, 15) is 22.0 Å². The van der Waals surface area contributed by atoms with E-state index in [0.717, 1.165) is 17.4 Å². The molecule has 2 aromatic carbocycles. The van der Waals surface area contributed by atoms with Gasteiger partial charge >= 0.3 is 0 Å². The summed E-state index contributed by atoms with van der Waals surface area (Å²) in [5, 5.41) is 0.232. The minimum absolute atomic E-state index is 0.00883. The van der Waals surface area contributed by atoms with Crippen molar-refractivity contribution in [1.82, 2.24) is 14.2 Å². The molecule has 9 nitrogen and oxygen atoms in total. The summed E-state index contributed by atoms with van der Waals surface area (Å²) in [6, 6.07) is 7.56. The molecule has 1 aromatic heterocycles. The van der Waals surface area contributed by atoms with Crippen molar-refractivity contribution < 1.29 is 31.5 Å². The van der Waals surface area contributed by atoms with E-state index in [1.807, 2.05) is 19.0 Å². The summed E-state index contributed by atoms with van der Waals surface area (Å²) < 4.78 is 66.0. The number of benzene rings is 2. The van der Waals surface area contributed by atoms with Gasteiger partial charge in [0.2, 0.25) is 10.0 Å². The van der Waals surface area contributed by atoms with Crippen molar-refractivity contribution in [1.29, 1.82) is 0 Å². The van der Waals surface area contributed by atoms with Gasteiger partial charge in [-0.2, -0.15) is 4.31 Å². The van der Waals surface area contributed by atoms with E-state index in [0.29, 0.717) is 13.0 Å². The molecule has 0 radical (unpaired) electrons. The average Bonchev–Trinajstić information content (AvgIpc) is 3.30. The first-order valence-electron chi connectivity index (χ1n) is 11.9. The maximum atomic E-state index is 14.3. The number of aromatic nitrogens is 1. The summed E-state index contributed by atoms with van der Waals surface area (Å²) in [5.41, 5.74) is 0.227. The number of ether oxygens (including phenoxy) is 2. The van der Waals surface area contributed by atoms with E-state index in [1.165, 1.54) is 53.8 Å². The zero-order valence-electron chi connectivity index (χ0n) is 21.8. The zero-order chi connectivity index (χ0) is 27.9. The maximum Gasteiger partial charge on any atom is 0.260 e. The average molecular weight is 571 g/mol. The van der Waals surface area contributed by atoms with Crippen LogP contribution in [-0.2, 0) is 19.5 Å². The molecule has 0 atom stereocenters. The number of halogens is 2. The van der Waals surface area contributed by atoms with Gasteiger partial charge in [-0.15, -0.1) is 0 Å². The lowest BCUT2D eigenvalue weighted by molar-refractivity contribution is 0.0986. The van der Waals surface area contributed by atoms with Gasteiger partial charge < -0.3 is 14.4 Å². The summed E-state index contributed by atoms with van der Waals surface area (Å²) in [5.74, 6) is -1.95. The van der Waals surface area contributed by atoms with Gasteiger partial charge in [0.1, 0.15) is 11.3 Å². The number of thiazole rings is 1. The number of anilines is 1. The largest absolute Gasteiger partial charge is 0.383 e. The van der Waals surface area contributed by atoms with Crippen molar-refractivity contribution >= 4 is 42.6 Å². The van der Waals surface area contributed by atoms with Crippen LogP contribution < -0.4 is 4.90 Å². The molecular formula is C25H32F2N4O5S2. The third-order valence-electron chi connectivity index (χ3n) is 5.69. The van der Waals surface area contributed by atoms with Crippen molar-refractivity contribution in [2.24, 2.45) is 0 Å². The van der Waals surface area contributed by atoms with E-state index in [-0.39, 0.29) is 58.7 Å². The molecule has 0 aliphatic heterocycles. The highest BCUT2D eigenvalue weighted by molar-refractivity contribution is 7.89. The first-order valence-corrected chi connectivity index (χ1v) is 14.1. The second kappa shape index (κ2) is 13.5. The summed E-state index contributed by atoms with van der Waals surface area (Å²) in [6.45, 7) is 1.70. The van der Waals surface area contributed by atoms with Crippen molar-refractivity contribution in [2.75, 3.05) is 72.6 Å². The Kier molecular flexibility index (Phi) is 10.7. The number of fused-ring (bicyclic) bond motifs is 1. The van der Waals surface area contributed by atoms with Gasteiger partial charge in [-0.05, 0) is 57.4 Å². The molecular weight excluding hydrogens is 538 g/mol. The second-order valence-electron chi connectivity index (χ2n) is 8.76. The third kappa shape index (κ3) is 7.30. The van der Waals surface area contributed by atoms with Crippen LogP contribution in [0.1, 0.15) is 16.8 Å². The Morgan fingerprint density at radius 3 is 2.18 bits per heavy atom. The lowest BCUT2D eigenvalue weighted by Crippen LogP contribution is -2.36. The van der Waals surface area contributed by atoms with Crippen LogP contribution in [0.25, 0.3) is 10.2 Å². The van der Waals surface area contributed by atoms with E-state index in [1.54, 1.807) is 0 Å². The third-order valence-corrected chi connectivity index (χ3v) is 8.63. The number of methoxy groups -OCH3 is 2. The summed E-state index contributed by atoms with van der Waals surface area (Å²) in [7, 11) is 2.93. The number of nitrogens with zero attached hydrogens (tertiary/aromatic N) is 4. The van der Waals surface area contributed by atoms with Gasteiger partial charge in [0.15, 0.2) is 10.9 Å². The number of hydrogen-bond donors (Lipinski definition) is 0. The quantitative estimate of drug-likeness (QED) is 0.293. The van der Waals surface area contributed by atoms with Gasteiger partial charge in [-0.25, -0.2) is 22.2 Å². The van der Waals surface area contributed by atoms with Gasteiger partial charge in [-0.3, -0.25) is 9.69 Å². The van der Waals surface area contributed by atoms with Crippen LogP contribution in [0.4, 0.5) is 13.9 Å². The number of amides is 1. The molecule has 1 heterocycles. The fourth-order valence-corrected chi connectivity index (χ4v) is 6.14. The molecule has 0 aliphatic rings. The molecule has 0 saturated heterocycles. The Hall–Kier alpha value is -2.55. The molecule has 0 N–H and O–H groups in total. The minimum atomic E-state index is -3.85. The van der Waals surface area contributed by atoms with E-state index in [4.69, 9.17) is 9.47 Å². The topological polar surface area (TPSA) is 92.3 Å². The van der Waals surface area contributed by atoms with Gasteiger partial charge in [0.25, 0.3) is 5.91 Å². The van der Waals surface area contributed by atoms with Crippen molar-refractivity contribution in [3.8, 4) is 0 Å². The number of sulfonamides is 1. The smallest absolute Gasteiger partial charge is 0.260 e. The Labute approximate surface area is 225 Å². The summed E-state index contributed by atoms with van der Waals surface area (Å²) >= 11 is 1.02. The molecule has 0 bridgehead atoms. The Morgan fingerprint density at radius 1 is 0.974 bits per heavy atom. The predicted molar refractivity (Wildman–Crippen MR) is 143 cm³/mol. The molecule has 0 fully saturated rings. The Bertz CT molecular complexity index is 1330. The highest BCUT2D eigenvalue weighted by Gasteiger charge is 2.26. The number of carbonyl (C=O) groups excluding carboxylic acids is 1. The predicted octanol–water partition coefficient (Wildman–Crippen LogP) is 3.46. The second-order valence-corrected chi connectivity index (χ2v) is 11.7. The molecule has 0 saturated carbocycles. The molecule has 3 aromatic rings. The number of carbonyl (C=O) groups is 1. The van der Waals surface area contributed by atoms with Crippen LogP contribution in [0.15, 0.2) is 41.3 Å². The van der Waals surface area contributed by atoms with Gasteiger partial charge in [-0.1, -0.05) is 11.3 Å². The van der Waals surface area contributed by atoms with Crippen LogP contribution >= 0.6 is 11.3 Å². The van der Waals surface area contributed by atoms with E-state index < -0.39 is 27.6 Å². The SMILES string of the molecule is COCCN(CCOC)S(=O)(=O)c1ccc(C(=O)N(CCCN(C)C)c2nc3c(F)cc(F)cc3s2)cc1. The first-order chi connectivity index (χ1) is 18.1. The highest BCUT2D eigenvalue weighted by atomic mass is 32.2. The standard InChI is InChI=1S/C25H32F2N4O5S2/c1-29(2)10-5-11-31(25-28-23-21(27)16-19(26)17-22(23)37-25)24(32)18-6-8-20(9-7-18)38(33,34)30(12-14-35-3)13-15-36-4/h6-9,16-17H,5,10-15H2,1-4H3. The zero-order valence-corrected chi connectivity index (χ0v) is 23.4. The molecule has 13 heteroatoms. The lowest BCUT2D eigenvalue weighted by Gasteiger charge is -2.22. The molecule has 0 spiro atoms. The molecule has 38 heavy (non-hydrogen) atoms. The van der Waals surface area contributed by atoms with Crippen molar-refractivity contribution in [2.45, 2.75) is 11.3 Å². The van der Waals surface area contributed by atoms with Gasteiger partial charge in [0.05, 0.1) is 22.8 Å². The Morgan fingerprint density at radius 2 is 1.61 bits per heavy atom. The van der Waals surface area contributed by atoms with Crippen LogP contribution in [0.2, 0.25) is 0 Å². The van der Waals surface area contributed by atoms with Crippen LogP contribution in [0.3, 0.4) is 0 Å². The monoisotopic (exact) mass is 570 g/mol. The molecule has 1 amide bonds. The normalized spacial score (nSPS) is 12.1. The van der Waals surface area contributed by atoms with Crippen LogP contribution in [0, 0.1) is 11.6 Å². The fourth-order valence-electron chi connectivity index (χ4n) is 3.70. The summed E-state index contributed by atoms with van der Waals surface area (Å²) in [6.07, 6.45) is 0.603. The highest BCUT2D eigenvalue weighted by Crippen LogP contribution is 2.32. The minimum Gasteiger partial charge on any atom is -0.383 e. The van der Waals surface area contributed by atoms with E-state index >= 15 is 0 Å². The van der Waals surface area contributed by atoms with E-state index in [2.05, 4.69) is 4.98 Å². The maximum absolute atomic E-state index is 14.3. The molecule has 3 rings (SSSR count). The summed E-state index contributed by atoms with van der Waals surface area (Å²) in [4.78, 5) is 21.2. The van der Waals surface area contributed by atoms with Crippen molar-refractivity contribution in [3.05, 3.63) is 53.6 Å². The van der Waals surface area contributed by atoms with Crippen LogP contribution in [0.5, 0.6) is 0 Å². The molecule has 0 unspecified atom stereocenters. The fraction of sp³-hybridized carbons (Fsp3) is 0.440. The molecule has 0 aliphatic carbocycles. The van der Waals surface area contributed by atoms with Crippen molar-refractivity contribution in [3.63, 3.8) is 0 Å². The van der Waals surface area contributed by atoms with Gasteiger partial charge in [0, 0.05) is 45.5 Å². The number of hydrogen-bond acceptors (Lipinski definition) is 8. The van der Waals surface area contributed by atoms with Crippen LogP contribution in [-0.4, -0.2) is 96.2 Å². The number of rotatable bonds is 14. The Balaban J connectivity index is 1.91. The lowest BCUT2D eigenvalue weighted by atomic mass is 10.2.